The molecule has 230 valence electrons. The molecule has 0 aromatic heterocycles. The van der Waals surface area contributed by atoms with Crippen LogP contribution in [-0.4, -0.2) is 70.0 Å². The minimum Gasteiger partial charge on any atom is -0.478 e. The van der Waals surface area contributed by atoms with Gasteiger partial charge in [0, 0.05) is 24.9 Å². The van der Waals surface area contributed by atoms with Gasteiger partial charge in [-0.15, -0.1) is 0 Å². The Balaban J connectivity index is 1.22. The number of hydrogen-bond donors (Lipinski definition) is 3. The summed E-state index contributed by atoms with van der Waals surface area (Å²) in [6.07, 6.45) is 0.916. The monoisotopic (exact) mass is 606 g/mol. The largest absolute Gasteiger partial charge is 0.478 e. The average molecular weight is 607 g/mol. The highest BCUT2D eigenvalue weighted by molar-refractivity contribution is 6.05. The van der Waals surface area contributed by atoms with Crippen LogP contribution in [0.3, 0.4) is 0 Å². The quantitative estimate of drug-likeness (QED) is 0.248. The highest BCUT2D eigenvalue weighted by atomic mass is 16.5. The van der Waals surface area contributed by atoms with Gasteiger partial charge in [0.15, 0.2) is 0 Å². The number of anilines is 2. The van der Waals surface area contributed by atoms with Crippen molar-refractivity contribution in [2.75, 3.05) is 23.7 Å². The van der Waals surface area contributed by atoms with Crippen molar-refractivity contribution in [1.82, 2.24) is 9.80 Å². The van der Waals surface area contributed by atoms with Crippen molar-refractivity contribution in [1.29, 1.82) is 0 Å². The Morgan fingerprint density at radius 3 is 2.31 bits per heavy atom. The highest BCUT2D eigenvalue weighted by Gasteiger charge is 2.45. The van der Waals surface area contributed by atoms with Crippen molar-refractivity contribution in [3.8, 4) is 0 Å². The van der Waals surface area contributed by atoms with Crippen LogP contribution in [0.25, 0.3) is 10.8 Å². The molecule has 4 aromatic rings. The Bertz CT molecular complexity index is 1720. The number of ether oxygens (including phenoxy) is 1. The van der Waals surface area contributed by atoms with Crippen molar-refractivity contribution in [3.63, 3.8) is 0 Å². The number of carbonyl (C=O) groups is 4. The van der Waals surface area contributed by atoms with Crippen LogP contribution in [0.15, 0.2) is 97.1 Å². The third-order valence-corrected chi connectivity index (χ3v) is 8.42. The molecular formula is C35H34N4O6. The average Bonchev–Trinajstić information content (AvgIpc) is 3.73. The molecule has 0 unspecified atom stereocenters. The number of nitrogens with zero attached hydrogens (tertiary/aromatic N) is 2. The molecule has 6 rings (SSSR count). The Labute approximate surface area is 260 Å². The second-order valence-corrected chi connectivity index (χ2v) is 11.3. The molecule has 0 saturated carbocycles. The normalized spacial score (nSPS) is 19.4. The van der Waals surface area contributed by atoms with Gasteiger partial charge in [-0.25, -0.2) is 9.59 Å². The lowest BCUT2D eigenvalue weighted by atomic mass is 10.1. The van der Waals surface area contributed by atoms with Crippen LogP contribution in [0.2, 0.25) is 0 Å². The molecule has 0 radical (unpaired) electrons. The van der Waals surface area contributed by atoms with Crippen molar-refractivity contribution in [3.05, 3.63) is 108 Å². The summed E-state index contributed by atoms with van der Waals surface area (Å²) >= 11 is 0. The number of aromatic carboxylic acids is 1. The zero-order valence-corrected chi connectivity index (χ0v) is 24.6. The molecule has 0 spiro atoms. The second-order valence-electron chi connectivity index (χ2n) is 11.3. The summed E-state index contributed by atoms with van der Waals surface area (Å²) in [4.78, 5) is 56.1. The zero-order chi connectivity index (χ0) is 31.3. The van der Waals surface area contributed by atoms with Gasteiger partial charge in [0.2, 0.25) is 11.8 Å². The van der Waals surface area contributed by atoms with Gasteiger partial charge in [0.25, 0.3) is 0 Å². The topological polar surface area (TPSA) is 128 Å². The lowest BCUT2D eigenvalue weighted by Gasteiger charge is -2.31. The van der Waals surface area contributed by atoms with Crippen LogP contribution in [0, 0.1) is 0 Å². The van der Waals surface area contributed by atoms with Gasteiger partial charge < -0.3 is 30.3 Å². The molecule has 3 atom stereocenters. The van der Waals surface area contributed by atoms with Gasteiger partial charge in [-0.2, -0.15) is 0 Å². The van der Waals surface area contributed by atoms with Gasteiger partial charge in [-0.05, 0) is 42.0 Å². The van der Waals surface area contributed by atoms with Crippen LogP contribution in [0.4, 0.5) is 16.2 Å². The lowest BCUT2D eigenvalue weighted by molar-refractivity contribution is -0.139. The van der Waals surface area contributed by atoms with Crippen LogP contribution < -0.4 is 10.6 Å². The molecule has 10 nitrogen and oxygen atoms in total. The number of urea groups is 1. The van der Waals surface area contributed by atoms with Crippen LogP contribution in [-0.2, 0) is 20.9 Å². The fraction of sp³-hybridized carbons (Fsp3) is 0.257. The molecule has 2 fully saturated rings. The van der Waals surface area contributed by atoms with Crippen LogP contribution in [0.5, 0.6) is 0 Å². The number of hydrogen-bond acceptors (Lipinski definition) is 5. The van der Waals surface area contributed by atoms with E-state index in [0.717, 1.165) is 16.3 Å². The Morgan fingerprint density at radius 2 is 1.49 bits per heavy atom. The SMILES string of the molecule is O=C(O)c1ccccc1NC(=O)[C@@H]1CCCN1C(=O)[C@@H]1C[C@@H](OCc2ccccc2)CN1C(=O)Nc1cccc2ccccc12. The minimum atomic E-state index is -1.16. The van der Waals surface area contributed by atoms with E-state index in [1.807, 2.05) is 72.8 Å². The van der Waals surface area contributed by atoms with Gasteiger partial charge in [0.05, 0.1) is 29.6 Å². The summed E-state index contributed by atoms with van der Waals surface area (Å²) < 4.78 is 6.19. The highest BCUT2D eigenvalue weighted by Crippen LogP contribution is 2.30. The summed E-state index contributed by atoms with van der Waals surface area (Å²) in [5, 5.41) is 17.1. The van der Waals surface area contributed by atoms with E-state index in [-0.39, 0.29) is 30.1 Å². The number of amides is 4. The standard InChI is InChI=1S/C35H34N4O6/c40-32(36-29-16-7-6-15-27(29)34(42)43)30-18-9-19-38(30)33(41)31-20-25(45-22-23-10-2-1-3-11-23)21-39(31)35(44)37-28-17-8-13-24-12-4-5-14-26(24)28/h1-8,10-17,25,30-31H,9,18-22H2,(H,36,40)(H,37,44)(H,42,43)/t25-,30+,31+/m1/s1. The van der Waals surface area contributed by atoms with E-state index in [1.165, 1.54) is 21.9 Å². The maximum absolute atomic E-state index is 14.2. The molecular weight excluding hydrogens is 572 g/mol. The van der Waals surface area contributed by atoms with Crippen molar-refractivity contribution < 1.29 is 29.0 Å². The first-order valence-corrected chi connectivity index (χ1v) is 15.0. The first kappa shape index (κ1) is 29.8. The number of carbonyl (C=O) groups excluding carboxylic acids is 3. The van der Waals surface area contributed by atoms with E-state index in [9.17, 15) is 24.3 Å². The Morgan fingerprint density at radius 1 is 0.778 bits per heavy atom. The third-order valence-electron chi connectivity index (χ3n) is 8.42. The summed E-state index contributed by atoms with van der Waals surface area (Å²) in [6, 6.07) is 27.2. The van der Waals surface area contributed by atoms with E-state index in [0.29, 0.717) is 31.7 Å². The molecule has 2 aliphatic heterocycles. The summed E-state index contributed by atoms with van der Waals surface area (Å²) in [5.41, 5.74) is 1.75. The molecule has 2 aliphatic rings. The molecule has 0 aliphatic carbocycles. The third kappa shape index (κ3) is 6.51. The van der Waals surface area contributed by atoms with E-state index >= 15 is 0 Å². The number of rotatable bonds is 8. The molecule has 45 heavy (non-hydrogen) atoms. The molecule has 4 aromatic carbocycles. The van der Waals surface area contributed by atoms with Crippen molar-refractivity contribution in [2.45, 2.75) is 44.1 Å². The number of fused-ring (bicyclic) bond motifs is 1. The number of nitrogens with one attached hydrogen (secondary N) is 2. The molecule has 4 amide bonds. The Kier molecular flexibility index (Phi) is 8.74. The predicted molar refractivity (Wildman–Crippen MR) is 170 cm³/mol. The number of carboxylic acid groups (broad SMARTS) is 1. The van der Waals surface area contributed by atoms with E-state index in [4.69, 9.17) is 4.74 Å². The van der Waals surface area contributed by atoms with E-state index in [1.54, 1.807) is 12.1 Å². The van der Waals surface area contributed by atoms with Crippen molar-refractivity contribution >= 4 is 46.0 Å². The molecule has 2 heterocycles. The molecule has 0 bridgehead atoms. The number of benzene rings is 4. The van der Waals surface area contributed by atoms with Gasteiger partial charge >= 0.3 is 12.0 Å². The lowest BCUT2D eigenvalue weighted by Crippen LogP contribution is -2.52. The maximum atomic E-state index is 14.2. The maximum Gasteiger partial charge on any atom is 0.337 e. The zero-order valence-electron chi connectivity index (χ0n) is 24.6. The fourth-order valence-corrected chi connectivity index (χ4v) is 6.18. The van der Waals surface area contributed by atoms with Gasteiger partial charge in [-0.3, -0.25) is 9.59 Å². The van der Waals surface area contributed by atoms with Gasteiger partial charge in [-0.1, -0.05) is 78.9 Å². The summed E-state index contributed by atoms with van der Waals surface area (Å²) in [7, 11) is 0. The van der Waals surface area contributed by atoms with Crippen LogP contribution >= 0.6 is 0 Å². The van der Waals surface area contributed by atoms with E-state index < -0.39 is 36.1 Å². The molecule has 3 N–H and O–H groups in total. The minimum absolute atomic E-state index is 0.0350. The number of para-hydroxylation sites is 1. The summed E-state index contributed by atoms with van der Waals surface area (Å²) in [6.45, 7) is 0.891. The second kappa shape index (κ2) is 13.2. The summed E-state index contributed by atoms with van der Waals surface area (Å²) in [5.74, 6) is -1.96. The number of carboxylic acids is 1. The van der Waals surface area contributed by atoms with Gasteiger partial charge in [0.1, 0.15) is 12.1 Å². The van der Waals surface area contributed by atoms with Crippen molar-refractivity contribution in [2.24, 2.45) is 0 Å². The molecule has 2 saturated heterocycles. The Hall–Kier alpha value is -5.22. The van der Waals surface area contributed by atoms with Crippen LogP contribution in [0.1, 0.15) is 35.2 Å². The molecule has 10 heteroatoms. The number of likely N-dealkylation sites (tertiary alicyclic amines) is 2. The van der Waals surface area contributed by atoms with E-state index in [2.05, 4.69) is 10.6 Å². The fourth-order valence-electron chi connectivity index (χ4n) is 6.18. The predicted octanol–water partition coefficient (Wildman–Crippen LogP) is 5.36. The smallest absolute Gasteiger partial charge is 0.337 e. The first-order valence-electron chi connectivity index (χ1n) is 15.0. The first-order chi connectivity index (χ1) is 21.9.